The fourth-order valence-corrected chi connectivity index (χ4v) is 7.31. The van der Waals surface area contributed by atoms with Gasteiger partial charge in [0, 0.05) is 66.6 Å². The largest absolute Gasteiger partial charge is 0.455 e. The Morgan fingerprint density at radius 2 is 1.02 bits per heavy atom. The third kappa shape index (κ3) is 8.69. The summed E-state index contributed by atoms with van der Waals surface area (Å²) in [6.45, 7) is -3.16. The summed E-state index contributed by atoms with van der Waals surface area (Å²) in [4.78, 5) is 13.2. The van der Waals surface area contributed by atoms with Gasteiger partial charge >= 0.3 is 0 Å². The van der Waals surface area contributed by atoms with Crippen molar-refractivity contribution in [1.82, 2.24) is 15.0 Å². The van der Waals surface area contributed by atoms with Gasteiger partial charge in [0.2, 0.25) is 0 Å². The van der Waals surface area contributed by atoms with Gasteiger partial charge in [-0.1, -0.05) is 133 Å². The van der Waals surface area contributed by atoms with Crippen molar-refractivity contribution in [3.63, 3.8) is 0 Å². The van der Waals surface area contributed by atoms with Crippen molar-refractivity contribution in [3.8, 4) is 44.9 Å². The Balaban J connectivity index is 1.11. The van der Waals surface area contributed by atoms with Crippen LogP contribution in [0.4, 0.5) is 4.39 Å². The molecule has 0 atom stereocenters. The number of hydrogen-bond acceptors (Lipinski definition) is 4. The number of aromatic nitrogens is 3. The predicted molar refractivity (Wildman–Crippen MR) is 255 cm³/mol. The van der Waals surface area contributed by atoms with Gasteiger partial charge in [0.05, 0.1) is 24.0 Å². The third-order valence-electron chi connectivity index (χ3n) is 10.4. The number of benzene rings is 6. The molecule has 0 bridgehead atoms. The highest BCUT2D eigenvalue weighted by Crippen LogP contribution is 2.41. The normalized spacial score (nSPS) is 16.7. The molecular formula is C58H46FN3O. The molecule has 4 heterocycles. The first-order chi connectivity index (χ1) is 37.2. The van der Waals surface area contributed by atoms with Crippen molar-refractivity contribution in [2.75, 3.05) is 0 Å². The second-order valence-electron chi connectivity index (χ2n) is 14.6. The first-order valence-electron chi connectivity index (χ1n) is 28.1. The summed E-state index contributed by atoms with van der Waals surface area (Å²) in [6.07, 6.45) is -16.2. The van der Waals surface area contributed by atoms with Crippen molar-refractivity contribution >= 4 is 21.9 Å². The molecule has 0 unspecified atom stereocenters. The lowest BCUT2D eigenvalue weighted by atomic mass is 9.94. The summed E-state index contributed by atoms with van der Waals surface area (Å²) < 4.78 is 170. The van der Waals surface area contributed by atoms with Crippen LogP contribution >= 0.6 is 0 Å². The lowest BCUT2D eigenvalue weighted by molar-refractivity contribution is 0.622. The van der Waals surface area contributed by atoms with Crippen LogP contribution in [0, 0.1) is 12.7 Å². The number of fused-ring (bicyclic) bond motifs is 3. The minimum absolute atomic E-state index is 0.0248. The van der Waals surface area contributed by atoms with Crippen LogP contribution in [0.25, 0.3) is 66.8 Å². The van der Waals surface area contributed by atoms with E-state index in [9.17, 15) is 16.4 Å². The molecule has 4 nitrogen and oxygen atoms in total. The molecule has 0 saturated carbocycles. The first kappa shape index (κ1) is 25.4. The summed E-state index contributed by atoms with van der Waals surface area (Å²) in [5.74, 6) is -0.831. The molecule has 63 heavy (non-hydrogen) atoms. The Morgan fingerprint density at radius 1 is 0.492 bits per heavy atom. The molecule has 0 fully saturated rings. The summed E-state index contributed by atoms with van der Waals surface area (Å²) >= 11 is 0. The number of pyridine rings is 3. The molecule has 0 N–H and O–H groups in total. The van der Waals surface area contributed by atoms with E-state index in [1.54, 1.807) is 109 Å². The van der Waals surface area contributed by atoms with Gasteiger partial charge in [-0.15, -0.1) is 0 Å². The number of furan rings is 1. The molecule has 0 spiro atoms. The number of para-hydroxylation sites is 1. The average Bonchev–Trinajstić information content (AvgIpc) is 3.81. The summed E-state index contributed by atoms with van der Waals surface area (Å²) in [6, 6.07) is 41.4. The van der Waals surface area contributed by atoms with E-state index in [1.807, 2.05) is 0 Å². The van der Waals surface area contributed by atoms with Crippen molar-refractivity contribution in [1.29, 1.82) is 0 Å². The quantitative estimate of drug-likeness (QED) is 0.116. The van der Waals surface area contributed by atoms with Crippen LogP contribution < -0.4 is 0 Å². The Morgan fingerprint density at radius 3 is 1.57 bits per heavy atom. The van der Waals surface area contributed by atoms with Crippen molar-refractivity contribution in [2.24, 2.45) is 0 Å². The Kier molecular flexibility index (Phi) is 7.21. The Hall–Kier alpha value is -7.50. The smallest absolute Gasteiger partial charge is 0.146 e. The van der Waals surface area contributed by atoms with E-state index in [0.29, 0.717) is 38.9 Å². The highest BCUT2D eigenvalue weighted by atomic mass is 19.1. The monoisotopic (exact) mass is 835 g/mol. The van der Waals surface area contributed by atoms with Crippen LogP contribution in [0.3, 0.4) is 0 Å². The van der Waals surface area contributed by atoms with Gasteiger partial charge in [-0.05, 0) is 126 Å². The highest BCUT2D eigenvalue weighted by Gasteiger charge is 2.19. The maximum absolute atomic E-state index is 15.8. The van der Waals surface area contributed by atoms with Crippen LogP contribution in [0.2, 0.25) is 0 Å². The molecule has 306 valence electrons. The molecule has 0 radical (unpaired) electrons. The minimum Gasteiger partial charge on any atom is -0.455 e. The zero-order valence-corrected chi connectivity index (χ0v) is 33.4. The van der Waals surface area contributed by atoms with Gasteiger partial charge < -0.3 is 4.42 Å². The molecule has 10 rings (SSSR count). The standard InChI is InChI=1S/C58H46FN3O/c1-39-32-55(51-19-11-18-49-50-28-29-52(59)56(58(50)63-57(49)51)47-16-9-4-10-17-47)62-38-48(39)27-24-44-34-42(22-20-40-25-30-53(60-36-40)45-12-5-2-6-13-45)33-43(35-44)23-21-41-26-31-54(61-37-41)46-14-7-3-8-15-46/h2-19,25-26,28-38H,20-24,27H2,1H3/i1D3,20D2,21D2,22D2,23D2,24D2,27D2,29D. The zero-order chi connectivity index (χ0) is 56.7. The molecular weight excluding hydrogens is 774 g/mol. The number of aryl methyl sites for hydroxylation is 7. The van der Waals surface area contributed by atoms with E-state index >= 15 is 4.39 Å². The van der Waals surface area contributed by atoms with Gasteiger partial charge in [0.1, 0.15) is 17.0 Å². The summed E-state index contributed by atoms with van der Waals surface area (Å²) in [5.41, 5.74) is -1.07. The third-order valence-corrected chi connectivity index (χ3v) is 10.4. The van der Waals surface area contributed by atoms with E-state index in [1.165, 1.54) is 30.3 Å². The zero-order valence-electron chi connectivity index (χ0n) is 49.4. The highest BCUT2D eigenvalue weighted by molar-refractivity contribution is 6.12. The van der Waals surface area contributed by atoms with Crippen LogP contribution in [0.1, 0.15) is 60.9 Å². The van der Waals surface area contributed by atoms with E-state index in [-0.39, 0.29) is 39.1 Å². The lowest BCUT2D eigenvalue weighted by Gasteiger charge is -2.13. The predicted octanol–water partition coefficient (Wildman–Crippen LogP) is 14.2. The second kappa shape index (κ2) is 17.8. The van der Waals surface area contributed by atoms with E-state index in [2.05, 4.69) is 15.0 Å². The maximum Gasteiger partial charge on any atom is 0.146 e. The van der Waals surface area contributed by atoms with E-state index in [0.717, 1.165) is 42.9 Å². The number of nitrogens with zero attached hydrogens (tertiary/aromatic N) is 3. The Bertz CT molecular complexity index is 3790. The number of rotatable bonds is 13. The van der Waals surface area contributed by atoms with Crippen molar-refractivity contribution < 1.29 is 30.7 Å². The molecule has 5 heteroatoms. The van der Waals surface area contributed by atoms with Crippen LogP contribution in [0.15, 0.2) is 193 Å². The summed E-state index contributed by atoms with van der Waals surface area (Å²) in [5, 5.41) is 0.808. The van der Waals surface area contributed by atoms with Gasteiger partial charge in [-0.25, -0.2) is 4.39 Å². The van der Waals surface area contributed by atoms with Crippen molar-refractivity contribution in [3.05, 3.63) is 233 Å². The average molecular weight is 836 g/mol. The number of halogens is 1. The molecule has 0 aliphatic carbocycles. The van der Waals surface area contributed by atoms with Crippen LogP contribution in [-0.4, -0.2) is 15.0 Å². The van der Waals surface area contributed by atoms with Crippen LogP contribution in [-0.2, 0) is 38.2 Å². The molecule has 6 aromatic carbocycles. The molecule has 0 saturated heterocycles. The molecule has 0 amide bonds. The van der Waals surface area contributed by atoms with Crippen LogP contribution in [0.5, 0.6) is 0 Å². The lowest BCUT2D eigenvalue weighted by Crippen LogP contribution is -2.01. The van der Waals surface area contributed by atoms with Gasteiger partial charge in [0.25, 0.3) is 0 Å². The second-order valence-corrected chi connectivity index (χ2v) is 14.6. The van der Waals surface area contributed by atoms with Gasteiger partial charge in [-0.2, -0.15) is 0 Å². The Labute approximate surface area is 390 Å². The fraction of sp³-hybridized carbons (Fsp3) is 0.121. The fourth-order valence-electron chi connectivity index (χ4n) is 7.31. The molecule has 0 aliphatic heterocycles. The van der Waals surface area contributed by atoms with Crippen molar-refractivity contribution in [2.45, 2.75) is 45.1 Å². The van der Waals surface area contributed by atoms with E-state index < -0.39 is 84.8 Å². The molecule has 10 aromatic rings. The molecule has 4 aromatic heterocycles. The SMILES string of the molecule is [2H]c1cc2c(oc3c(-c4cc(C([2H])([2H])[2H])c(C([2H])([2H])C([2H])([2H])c5cc(C([2H])([2H])C([2H])([2H])c6ccc(-c7ccccc7)nc6)cc(C([2H])([2H])C([2H])([2H])c6ccc(-c7ccccc7)nc6)c5)cn4)cccc32)c(-c2ccccc2)c1F. The minimum atomic E-state index is -3.45. The maximum atomic E-state index is 15.8. The first-order valence-corrected chi connectivity index (χ1v) is 20.1. The van der Waals surface area contributed by atoms with Gasteiger partial charge in [-0.3, -0.25) is 15.0 Å². The van der Waals surface area contributed by atoms with Gasteiger partial charge in [0.15, 0.2) is 0 Å². The summed E-state index contributed by atoms with van der Waals surface area (Å²) in [7, 11) is 0. The molecule has 0 aliphatic rings. The van der Waals surface area contributed by atoms with E-state index in [4.69, 9.17) is 9.90 Å². The number of hydrogen-bond donors (Lipinski definition) is 0. The topological polar surface area (TPSA) is 51.8 Å².